The standard InChI is InChI=1S/C16H17N3O2/c1-10(13-9-11-5-2-3-6-12(11)20-13)14-18-15(19-21-14)16(17)7-4-8-16/h2-3,5-6,9-10H,4,7-8,17H2,1H3. The van der Waals surface area contributed by atoms with Crippen LogP contribution < -0.4 is 5.73 Å². The fourth-order valence-electron chi connectivity index (χ4n) is 2.73. The highest BCUT2D eigenvalue weighted by Crippen LogP contribution is 2.38. The monoisotopic (exact) mass is 283 g/mol. The van der Waals surface area contributed by atoms with E-state index in [0.29, 0.717) is 11.7 Å². The molecule has 108 valence electrons. The van der Waals surface area contributed by atoms with Crippen LogP contribution in [0, 0.1) is 0 Å². The Bertz CT molecular complexity index is 753. The van der Waals surface area contributed by atoms with Gasteiger partial charge in [0.05, 0.1) is 11.5 Å². The highest BCUT2D eigenvalue weighted by molar-refractivity contribution is 5.77. The average molecular weight is 283 g/mol. The lowest BCUT2D eigenvalue weighted by molar-refractivity contribution is 0.228. The number of hydrogen-bond donors (Lipinski definition) is 1. The van der Waals surface area contributed by atoms with Gasteiger partial charge < -0.3 is 14.7 Å². The maximum atomic E-state index is 6.23. The Labute approximate surface area is 122 Å². The van der Waals surface area contributed by atoms with E-state index in [2.05, 4.69) is 10.1 Å². The maximum Gasteiger partial charge on any atom is 0.237 e. The minimum absolute atomic E-state index is 0.0812. The molecule has 0 saturated heterocycles. The van der Waals surface area contributed by atoms with Gasteiger partial charge in [0.1, 0.15) is 11.3 Å². The number of nitrogens with zero attached hydrogens (tertiary/aromatic N) is 2. The van der Waals surface area contributed by atoms with Crippen molar-refractivity contribution in [3.8, 4) is 0 Å². The Kier molecular flexibility index (Phi) is 2.65. The summed E-state index contributed by atoms with van der Waals surface area (Å²) >= 11 is 0. The topological polar surface area (TPSA) is 78.1 Å². The van der Waals surface area contributed by atoms with Gasteiger partial charge in [-0.1, -0.05) is 23.4 Å². The van der Waals surface area contributed by atoms with Gasteiger partial charge in [-0.3, -0.25) is 0 Å². The van der Waals surface area contributed by atoms with Gasteiger partial charge in [0.2, 0.25) is 5.89 Å². The molecule has 1 unspecified atom stereocenters. The van der Waals surface area contributed by atoms with E-state index in [1.54, 1.807) is 0 Å². The lowest BCUT2D eigenvalue weighted by Gasteiger charge is -2.34. The summed E-state index contributed by atoms with van der Waals surface area (Å²) in [7, 11) is 0. The molecule has 1 aromatic carbocycles. The van der Waals surface area contributed by atoms with Crippen LogP contribution in [0.25, 0.3) is 11.0 Å². The number of para-hydroxylation sites is 1. The Hall–Kier alpha value is -2.14. The van der Waals surface area contributed by atoms with Crippen LogP contribution in [-0.4, -0.2) is 10.1 Å². The largest absolute Gasteiger partial charge is 0.460 e. The number of aromatic nitrogens is 2. The summed E-state index contributed by atoms with van der Waals surface area (Å²) in [5.74, 6) is 1.92. The predicted octanol–water partition coefficient (Wildman–Crippen LogP) is 3.31. The van der Waals surface area contributed by atoms with E-state index < -0.39 is 5.54 Å². The molecule has 0 amide bonds. The van der Waals surface area contributed by atoms with Crippen molar-refractivity contribution in [3.05, 3.63) is 47.8 Å². The van der Waals surface area contributed by atoms with E-state index in [-0.39, 0.29) is 5.92 Å². The van der Waals surface area contributed by atoms with Gasteiger partial charge in [-0.2, -0.15) is 4.98 Å². The summed E-state index contributed by atoms with van der Waals surface area (Å²) in [5.41, 5.74) is 6.70. The number of hydrogen-bond acceptors (Lipinski definition) is 5. The molecule has 2 N–H and O–H groups in total. The highest BCUT2D eigenvalue weighted by atomic mass is 16.5. The molecule has 2 aromatic heterocycles. The zero-order chi connectivity index (χ0) is 14.4. The molecule has 0 aliphatic heterocycles. The van der Waals surface area contributed by atoms with E-state index in [1.807, 2.05) is 37.3 Å². The van der Waals surface area contributed by atoms with Crippen LogP contribution in [0.1, 0.15) is 49.6 Å². The highest BCUT2D eigenvalue weighted by Gasteiger charge is 2.39. The number of fused-ring (bicyclic) bond motifs is 1. The van der Waals surface area contributed by atoms with Crippen LogP contribution in [0.2, 0.25) is 0 Å². The molecule has 1 atom stereocenters. The molecular formula is C16H17N3O2. The molecule has 21 heavy (non-hydrogen) atoms. The Morgan fingerprint density at radius 2 is 2.10 bits per heavy atom. The second kappa shape index (κ2) is 4.43. The van der Waals surface area contributed by atoms with Crippen molar-refractivity contribution < 1.29 is 8.94 Å². The second-order valence-corrected chi connectivity index (χ2v) is 5.87. The first-order valence-corrected chi connectivity index (χ1v) is 7.27. The minimum Gasteiger partial charge on any atom is -0.460 e. The molecule has 4 rings (SSSR count). The predicted molar refractivity (Wildman–Crippen MR) is 77.7 cm³/mol. The lowest BCUT2D eigenvalue weighted by atomic mass is 9.77. The molecule has 0 spiro atoms. The van der Waals surface area contributed by atoms with E-state index in [1.165, 1.54) is 0 Å². The third-order valence-corrected chi connectivity index (χ3v) is 4.37. The summed E-state index contributed by atoms with van der Waals surface area (Å²) < 4.78 is 11.3. The van der Waals surface area contributed by atoms with E-state index in [9.17, 15) is 0 Å². The van der Waals surface area contributed by atoms with Crippen LogP contribution in [0.4, 0.5) is 0 Å². The van der Waals surface area contributed by atoms with Gasteiger partial charge >= 0.3 is 0 Å². The van der Waals surface area contributed by atoms with Gasteiger partial charge in [0.25, 0.3) is 0 Å². The Balaban J connectivity index is 1.66. The molecule has 1 aliphatic rings. The Morgan fingerprint density at radius 3 is 2.81 bits per heavy atom. The minimum atomic E-state index is -0.394. The third kappa shape index (κ3) is 1.96. The van der Waals surface area contributed by atoms with Gasteiger partial charge in [-0.15, -0.1) is 0 Å². The van der Waals surface area contributed by atoms with Crippen molar-refractivity contribution in [3.63, 3.8) is 0 Å². The van der Waals surface area contributed by atoms with Crippen molar-refractivity contribution in [2.24, 2.45) is 5.73 Å². The number of rotatable bonds is 3. The fourth-order valence-corrected chi connectivity index (χ4v) is 2.73. The molecule has 1 aliphatic carbocycles. The maximum absolute atomic E-state index is 6.23. The van der Waals surface area contributed by atoms with E-state index >= 15 is 0 Å². The van der Waals surface area contributed by atoms with Crippen LogP contribution in [-0.2, 0) is 5.54 Å². The lowest BCUT2D eigenvalue weighted by Crippen LogP contribution is -2.44. The summed E-state index contributed by atoms with van der Waals surface area (Å²) in [6.07, 6.45) is 2.97. The second-order valence-electron chi connectivity index (χ2n) is 5.87. The number of nitrogens with two attached hydrogens (primary N) is 1. The molecule has 1 fully saturated rings. The molecular weight excluding hydrogens is 266 g/mol. The first-order valence-electron chi connectivity index (χ1n) is 7.27. The van der Waals surface area contributed by atoms with Crippen LogP contribution in [0.15, 0.2) is 39.3 Å². The third-order valence-electron chi connectivity index (χ3n) is 4.37. The van der Waals surface area contributed by atoms with E-state index in [0.717, 1.165) is 36.0 Å². The normalized spacial score (nSPS) is 18.6. The smallest absolute Gasteiger partial charge is 0.237 e. The summed E-state index contributed by atoms with van der Waals surface area (Å²) in [6.45, 7) is 2.00. The Morgan fingerprint density at radius 1 is 1.29 bits per heavy atom. The molecule has 5 heteroatoms. The number of benzene rings is 1. The fraction of sp³-hybridized carbons (Fsp3) is 0.375. The first-order chi connectivity index (χ1) is 10.2. The van der Waals surface area contributed by atoms with Crippen molar-refractivity contribution in [2.45, 2.75) is 37.6 Å². The van der Waals surface area contributed by atoms with Gasteiger partial charge in [-0.05, 0) is 38.3 Å². The quantitative estimate of drug-likeness (QED) is 0.797. The zero-order valence-corrected chi connectivity index (χ0v) is 11.9. The summed E-state index contributed by atoms with van der Waals surface area (Å²) in [5, 5.41) is 5.13. The van der Waals surface area contributed by atoms with Crippen molar-refractivity contribution in [1.82, 2.24) is 10.1 Å². The van der Waals surface area contributed by atoms with Crippen LogP contribution in [0.3, 0.4) is 0 Å². The van der Waals surface area contributed by atoms with Crippen molar-refractivity contribution >= 4 is 11.0 Å². The molecule has 3 aromatic rings. The number of furan rings is 1. The van der Waals surface area contributed by atoms with Crippen molar-refractivity contribution in [1.29, 1.82) is 0 Å². The summed E-state index contributed by atoms with van der Waals surface area (Å²) in [4.78, 5) is 4.49. The van der Waals surface area contributed by atoms with Gasteiger partial charge in [-0.25, -0.2) is 0 Å². The van der Waals surface area contributed by atoms with Crippen LogP contribution in [0.5, 0.6) is 0 Å². The van der Waals surface area contributed by atoms with Crippen molar-refractivity contribution in [2.75, 3.05) is 0 Å². The molecule has 1 saturated carbocycles. The summed E-state index contributed by atoms with van der Waals surface area (Å²) in [6, 6.07) is 9.95. The van der Waals surface area contributed by atoms with E-state index in [4.69, 9.17) is 14.7 Å². The molecule has 2 heterocycles. The molecule has 0 radical (unpaired) electrons. The molecule has 5 nitrogen and oxygen atoms in total. The average Bonchev–Trinajstić information content (AvgIpc) is 3.10. The molecule has 0 bridgehead atoms. The van der Waals surface area contributed by atoms with Gasteiger partial charge in [0, 0.05) is 5.39 Å². The first kappa shape index (κ1) is 12.6. The zero-order valence-electron chi connectivity index (χ0n) is 11.9. The van der Waals surface area contributed by atoms with Gasteiger partial charge in [0.15, 0.2) is 5.82 Å². The van der Waals surface area contributed by atoms with Crippen LogP contribution >= 0.6 is 0 Å². The SMILES string of the molecule is CC(c1cc2ccccc2o1)c1nc(C2(N)CCC2)no1.